The van der Waals surface area contributed by atoms with Gasteiger partial charge in [-0.25, -0.2) is 0 Å². The maximum Gasteiger partial charge on any atom is -0.0443 e. The summed E-state index contributed by atoms with van der Waals surface area (Å²) in [6, 6.07) is 0. The van der Waals surface area contributed by atoms with Crippen molar-refractivity contribution in [1.82, 2.24) is 0 Å². The highest BCUT2D eigenvalue weighted by Gasteiger charge is 2.09. The first-order valence-corrected chi connectivity index (χ1v) is 5.89. The van der Waals surface area contributed by atoms with Gasteiger partial charge in [0.25, 0.3) is 0 Å². The predicted octanol–water partition coefficient (Wildman–Crippen LogP) is 5.69. The molecule has 0 heteroatoms. The lowest BCUT2D eigenvalue weighted by Crippen LogP contribution is -2.04. The normalized spacial score (nSPS) is 11.6. The summed E-state index contributed by atoms with van der Waals surface area (Å²) >= 11 is 0. The number of hydrogen-bond acceptors (Lipinski definition) is 0. The van der Waals surface area contributed by atoms with Gasteiger partial charge in [0, 0.05) is 0 Å². The second kappa shape index (κ2) is 41.1. The third kappa shape index (κ3) is 33.8. The van der Waals surface area contributed by atoms with E-state index in [4.69, 9.17) is 0 Å². The minimum absolute atomic E-state index is 1.06. The first kappa shape index (κ1) is 23.0. The van der Waals surface area contributed by atoms with Gasteiger partial charge < -0.3 is 0 Å². The monoisotopic (exact) mass is 188 g/mol. The smallest absolute Gasteiger partial charge is 0.0443 e. The maximum absolute atomic E-state index is 3.00. The van der Waals surface area contributed by atoms with E-state index in [1.54, 1.807) is 0 Å². The van der Waals surface area contributed by atoms with Crippen LogP contribution in [0, 0.1) is 5.92 Å². The topological polar surface area (TPSA) is 0 Å². The molecule has 1 aliphatic rings. The Hall–Kier alpha value is -0.260. The maximum atomic E-state index is 3.00. The highest BCUT2D eigenvalue weighted by molar-refractivity contribution is 4.62. The van der Waals surface area contributed by atoms with E-state index in [-0.39, 0.29) is 0 Å². The Bertz CT molecular complexity index is 35.3. The summed E-state index contributed by atoms with van der Waals surface area (Å²) in [6.45, 7) is 20.3. The van der Waals surface area contributed by atoms with Crippen LogP contribution in [0.2, 0.25) is 0 Å². The summed E-state index contributed by atoms with van der Waals surface area (Å²) in [5.41, 5.74) is 0. The van der Waals surface area contributed by atoms with E-state index in [1.165, 1.54) is 19.3 Å². The molecule has 0 radical (unpaired) electrons. The predicted molar refractivity (Wildman–Crippen MR) is 68.3 cm³/mol. The molecule has 0 amide bonds. The van der Waals surface area contributed by atoms with Crippen molar-refractivity contribution in [2.75, 3.05) is 0 Å². The van der Waals surface area contributed by atoms with Crippen LogP contribution in [0.25, 0.3) is 0 Å². The molecule has 0 bridgehead atoms. The van der Waals surface area contributed by atoms with Gasteiger partial charge in [0.2, 0.25) is 0 Å². The van der Waals surface area contributed by atoms with Crippen molar-refractivity contribution in [3.63, 3.8) is 0 Å². The van der Waals surface area contributed by atoms with E-state index in [0.717, 1.165) is 5.92 Å². The zero-order valence-corrected chi connectivity index (χ0v) is 11.1. The molecule has 0 atom stereocenters. The third-order valence-electron chi connectivity index (χ3n) is 1.39. The molecule has 0 nitrogen and oxygen atoms in total. The van der Waals surface area contributed by atoms with Gasteiger partial charge in [0.05, 0.1) is 0 Å². The molecular weight excluding hydrogens is 156 g/mol. The molecule has 13 heavy (non-hydrogen) atoms. The third-order valence-corrected chi connectivity index (χ3v) is 1.39. The minimum atomic E-state index is 1.06. The fourth-order valence-electron chi connectivity index (χ4n) is 0.612. The van der Waals surface area contributed by atoms with Crippen LogP contribution in [0.1, 0.15) is 67.7 Å². The van der Waals surface area contributed by atoms with E-state index < -0.39 is 0 Å². The molecule has 0 aromatic heterocycles. The number of rotatable bonds is 0. The van der Waals surface area contributed by atoms with Crippen molar-refractivity contribution < 1.29 is 0 Å². The van der Waals surface area contributed by atoms with Crippen LogP contribution in [0.4, 0.5) is 0 Å². The van der Waals surface area contributed by atoms with Crippen LogP contribution >= 0.6 is 0 Å². The van der Waals surface area contributed by atoms with Gasteiger partial charge in [-0.1, -0.05) is 67.7 Å². The first-order valence-electron chi connectivity index (χ1n) is 5.89. The lowest BCUT2D eigenvalue weighted by atomic mass is 9.88. The van der Waals surface area contributed by atoms with E-state index in [2.05, 4.69) is 20.1 Å². The van der Waals surface area contributed by atoms with Crippen LogP contribution in [0.15, 0.2) is 13.2 Å². The molecule has 0 saturated heterocycles. The highest BCUT2D eigenvalue weighted by atomic mass is 14.1. The summed E-state index contributed by atoms with van der Waals surface area (Å²) in [5, 5.41) is 0. The molecule has 0 N–H and O–H groups in total. The SMILES string of the molecule is C=C.CC.CC.CC.CC1CCC1. The van der Waals surface area contributed by atoms with E-state index in [0.29, 0.717) is 0 Å². The Balaban J connectivity index is -0.0000000445. The molecule has 0 heterocycles. The minimum Gasteiger partial charge on any atom is -0.106 e. The molecule has 1 saturated carbocycles. The summed E-state index contributed by atoms with van der Waals surface area (Å²) in [7, 11) is 0. The average Bonchev–Trinajstić information content (AvgIpc) is 2.26. The van der Waals surface area contributed by atoms with Gasteiger partial charge in [-0.3, -0.25) is 0 Å². The van der Waals surface area contributed by atoms with Gasteiger partial charge >= 0.3 is 0 Å². The van der Waals surface area contributed by atoms with E-state index >= 15 is 0 Å². The fourth-order valence-corrected chi connectivity index (χ4v) is 0.612. The fraction of sp³-hybridized carbons (Fsp3) is 0.846. The molecule has 1 fully saturated rings. The molecule has 1 rings (SSSR count). The van der Waals surface area contributed by atoms with Crippen LogP contribution in [0.5, 0.6) is 0 Å². The van der Waals surface area contributed by atoms with Crippen LogP contribution in [-0.4, -0.2) is 0 Å². The Morgan fingerprint density at radius 3 is 0.923 bits per heavy atom. The standard InChI is InChI=1S/C5H10.3C2H6.C2H4/c1-5-3-2-4-5;4*1-2/h5H,2-4H2,1H3;3*1-2H3;1-2H2. The van der Waals surface area contributed by atoms with Crippen LogP contribution < -0.4 is 0 Å². The van der Waals surface area contributed by atoms with E-state index in [1.807, 2.05) is 41.5 Å². The van der Waals surface area contributed by atoms with Crippen molar-refractivity contribution in [2.45, 2.75) is 67.7 Å². The van der Waals surface area contributed by atoms with Gasteiger partial charge in [0.1, 0.15) is 0 Å². The molecule has 0 aromatic carbocycles. The van der Waals surface area contributed by atoms with Crippen molar-refractivity contribution >= 4 is 0 Å². The van der Waals surface area contributed by atoms with Gasteiger partial charge in [-0.2, -0.15) is 0 Å². The molecule has 0 unspecified atom stereocenters. The lowest BCUT2D eigenvalue weighted by Gasteiger charge is -2.18. The Labute approximate surface area is 87.4 Å². The molecular formula is C13H32. The second-order valence-electron chi connectivity index (χ2n) is 2.04. The average molecular weight is 188 g/mol. The Kier molecular flexibility index (Phi) is 72.7. The quantitative estimate of drug-likeness (QED) is 0.429. The summed E-state index contributed by atoms with van der Waals surface area (Å²) < 4.78 is 0. The zero-order chi connectivity index (χ0) is 11.7. The van der Waals surface area contributed by atoms with Gasteiger partial charge in [0.15, 0.2) is 0 Å². The van der Waals surface area contributed by atoms with Crippen LogP contribution in [-0.2, 0) is 0 Å². The summed E-state index contributed by atoms with van der Waals surface area (Å²) in [4.78, 5) is 0. The molecule has 84 valence electrons. The first-order chi connectivity index (χ1) is 6.39. The second-order valence-corrected chi connectivity index (χ2v) is 2.04. The molecule has 0 aromatic rings. The largest absolute Gasteiger partial charge is 0.106 e. The summed E-state index contributed by atoms with van der Waals surface area (Å²) in [6.07, 6.45) is 4.46. The zero-order valence-electron chi connectivity index (χ0n) is 11.1. The molecule has 0 aliphatic heterocycles. The van der Waals surface area contributed by atoms with Crippen molar-refractivity contribution in [2.24, 2.45) is 5.92 Å². The van der Waals surface area contributed by atoms with Gasteiger partial charge in [-0.05, 0) is 5.92 Å². The van der Waals surface area contributed by atoms with E-state index in [9.17, 15) is 0 Å². The van der Waals surface area contributed by atoms with Crippen molar-refractivity contribution in [3.8, 4) is 0 Å². The lowest BCUT2D eigenvalue weighted by molar-refractivity contribution is 0.346. The Morgan fingerprint density at radius 2 is 0.923 bits per heavy atom. The molecule has 0 spiro atoms. The van der Waals surface area contributed by atoms with Crippen molar-refractivity contribution in [1.29, 1.82) is 0 Å². The van der Waals surface area contributed by atoms with Gasteiger partial charge in [-0.15, -0.1) is 13.2 Å². The van der Waals surface area contributed by atoms with Crippen molar-refractivity contribution in [3.05, 3.63) is 13.2 Å². The Morgan fingerprint density at radius 1 is 0.769 bits per heavy atom. The highest BCUT2D eigenvalue weighted by Crippen LogP contribution is 2.24. The molecule has 1 aliphatic carbocycles. The van der Waals surface area contributed by atoms with Crippen LogP contribution in [0.3, 0.4) is 0 Å². The summed E-state index contributed by atoms with van der Waals surface area (Å²) in [5.74, 6) is 1.06. The number of hydrogen-bond donors (Lipinski definition) is 0.